The van der Waals surface area contributed by atoms with Gasteiger partial charge in [0.25, 0.3) is 0 Å². The highest BCUT2D eigenvalue weighted by molar-refractivity contribution is 6.33. The van der Waals surface area contributed by atoms with Crippen LogP contribution in [0.25, 0.3) is 0 Å². The fraction of sp³-hybridized carbons (Fsp3) is 0.462. The molecule has 0 heterocycles. The normalized spacial score (nSPS) is 16.6. The number of carbonyl (C=O) groups is 1. The lowest BCUT2D eigenvalue weighted by Crippen LogP contribution is -2.14. The molecule has 0 aliphatic heterocycles. The monoisotopic (exact) mass is 254 g/mol. The van der Waals surface area contributed by atoms with E-state index < -0.39 is 5.97 Å². The number of hydrogen-bond acceptors (Lipinski definition) is 2. The number of carboxylic acid groups (broad SMARTS) is 1. The van der Waals surface area contributed by atoms with Crippen LogP contribution >= 0.6 is 11.6 Å². The van der Waals surface area contributed by atoms with Crippen molar-refractivity contribution in [2.24, 2.45) is 0 Å². The number of hydrogen-bond donors (Lipinski definition) is 1. The standard InChI is InChI=1S/C13H15ClO3/c1-8-5-9(12(14)10(6-8)17-2)13(3-4-13)7-11(15)16/h5-6H,3-4,7H2,1-2H3,(H,15,16). The predicted octanol–water partition coefficient (Wildman–Crippen LogP) is 3.16. The summed E-state index contributed by atoms with van der Waals surface area (Å²) in [6, 6.07) is 3.84. The zero-order valence-corrected chi connectivity index (χ0v) is 10.7. The van der Waals surface area contributed by atoms with Gasteiger partial charge >= 0.3 is 5.97 Å². The maximum atomic E-state index is 10.9. The smallest absolute Gasteiger partial charge is 0.304 e. The first-order chi connectivity index (χ1) is 7.98. The molecular weight excluding hydrogens is 240 g/mol. The molecule has 1 aliphatic rings. The predicted molar refractivity (Wildman–Crippen MR) is 65.9 cm³/mol. The highest BCUT2D eigenvalue weighted by Gasteiger charge is 2.47. The number of halogens is 1. The van der Waals surface area contributed by atoms with Gasteiger partial charge in [-0.15, -0.1) is 0 Å². The summed E-state index contributed by atoms with van der Waals surface area (Å²) in [5.41, 5.74) is 1.68. The van der Waals surface area contributed by atoms with Crippen LogP contribution in [0.2, 0.25) is 5.02 Å². The van der Waals surface area contributed by atoms with Crippen molar-refractivity contribution < 1.29 is 14.6 Å². The first kappa shape index (κ1) is 12.2. The highest BCUT2D eigenvalue weighted by atomic mass is 35.5. The maximum absolute atomic E-state index is 10.9. The Labute approximate surface area is 105 Å². The largest absolute Gasteiger partial charge is 0.495 e. The zero-order valence-electron chi connectivity index (χ0n) is 9.92. The van der Waals surface area contributed by atoms with Crippen LogP contribution in [0.1, 0.15) is 30.4 Å². The van der Waals surface area contributed by atoms with Crippen molar-refractivity contribution in [3.05, 3.63) is 28.3 Å². The van der Waals surface area contributed by atoms with Crippen molar-refractivity contribution in [3.63, 3.8) is 0 Å². The summed E-state index contributed by atoms with van der Waals surface area (Å²) in [4.78, 5) is 10.9. The summed E-state index contributed by atoms with van der Waals surface area (Å²) in [7, 11) is 1.57. The average Bonchev–Trinajstić information content (AvgIpc) is 3.00. The number of carboxylic acids is 1. The number of rotatable bonds is 4. The lowest BCUT2D eigenvalue weighted by molar-refractivity contribution is -0.137. The summed E-state index contributed by atoms with van der Waals surface area (Å²) in [6.07, 6.45) is 1.90. The van der Waals surface area contributed by atoms with Crippen molar-refractivity contribution >= 4 is 17.6 Å². The number of aryl methyl sites for hydroxylation is 1. The first-order valence-electron chi connectivity index (χ1n) is 5.55. The number of methoxy groups -OCH3 is 1. The van der Waals surface area contributed by atoms with Gasteiger partial charge in [-0.05, 0) is 37.0 Å². The Hall–Kier alpha value is -1.22. The van der Waals surface area contributed by atoms with E-state index in [1.165, 1.54) is 0 Å². The summed E-state index contributed by atoms with van der Waals surface area (Å²) >= 11 is 6.27. The molecule has 0 bridgehead atoms. The molecule has 92 valence electrons. The van der Waals surface area contributed by atoms with E-state index in [2.05, 4.69) is 0 Å². The molecule has 0 radical (unpaired) electrons. The minimum absolute atomic E-state index is 0.138. The van der Waals surface area contributed by atoms with Gasteiger partial charge in [0.2, 0.25) is 0 Å². The van der Waals surface area contributed by atoms with E-state index in [0.717, 1.165) is 24.0 Å². The second kappa shape index (κ2) is 4.22. The van der Waals surface area contributed by atoms with Gasteiger partial charge in [0, 0.05) is 5.41 Å². The topological polar surface area (TPSA) is 46.5 Å². The average molecular weight is 255 g/mol. The van der Waals surface area contributed by atoms with Gasteiger partial charge < -0.3 is 9.84 Å². The SMILES string of the molecule is COc1cc(C)cc(C2(CC(=O)O)CC2)c1Cl. The second-order valence-corrected chi connectivity index (χ2v) is 5.06. The zero-order chi connectivity index (χ0) is 12.6. The molecule has 0 atom stereocenters. The Morgan fingerprint density at radius 3 is 2.65 bits per heavy atom. The van der Waals surface area contributed by atoms with Crippen LogP contribution in [0.15, 0.2) is 12.1 Å². The molecule has 1 saturated carbocycles. The Kier molecular flexibility index (Phi) is 3.04. The van der Waals surface area contributed by atoms with Crippen LogP contribution in [0.4, 0.5) is 0 Å². The summed E-state index contributed by atoms with van der Waals surface area (Å²) in [6.45, 7) is 1.96. The van der Waals surface area contributed by atoms with Crippen molar-refractivity contribution in [1.82, 2.24) is 0 Å². The Balaban J connectivity index is 2.45. The van der Waals surface area contributed by atoms with Gasteiger partial charge in [-0.2, -0.15) is 0 Å². The van der Waals surface area contributed by atoms with Crippen LogP contribution in [-0.4, -0.2) is 18.2 Å². The summed E-state index contributed by atoms with van der Waals surface area (Å²) in [5, 5.41) is 9.52. The third-order valence-electron chi connectivity index (χ3n) is 3.32. The quantitative estimate of drug-likeness (QED) is 0.898. The van der Waals surface area contributed by atoms with Crippen molar-refractivity contribution in [2.45, 2.75) is 31.6 Å². The molecule has 0 aromatic heterocycles. The third-order valence-corrected chi connectivity index (χ3v) is 3.71. The summed E-state index contributed by atoms with van der Waals surface area (Å²) < 4.78 is 5.22. The molecule has 3 nitrogen and oxygen atoms in total. The molecule has 2 rings (SSSR count). The van der Waals surface area contributed by atoms with Crippen molar-refractivity contribution in [2.75, 3.05) is 7.11 Å². The molecule has 1 N–H and O–H groups in total. The van der Waals surface area contributed by atoms with Gasteiger partial charge in [-0.1, -0.05) is 17.7 Å². The molecule has 1 fully saturated rings. The summed E-state index contributed by atoms with van der Waals surface area (Å²) in [5.74, 6) is -0.155. The second-order valence-electron chi connectivity index (χ2n) is 4.68. The van der Waals surface area contributed by atoms with Crippen LogP contribution in [-0.2, 0) is 10.2 Å². The molecule has 0 spiro atoms. The van der Waals surface area contributed by atoms with E-state index in [9.17, 15) is 4.79 Å². The molecule has 17 heavy (non-hydrogen) atoms. The fourth-order valence-electron chi connectivity index (χ4n) is 2.25. The first-order valence-corrected chi connectivity index (χ1v) is 5.93. The van der Waals surface area contributed by atoms with Gasteiger partial charge in [-0.3, -0.25) is 4.79 Å². The maximum Gasteiger partial charge on any atom is 0.304 e. The van der Waals surface area contributed by atoms with E-state index in [4.69, 9.17) is 21.4 Å². The lowest BCUT2D eigenvalue weighted by atomic mass is 9.91. The van der Waals surface area contributed by atoms with E-state index in [0.29, 0.717) is 10.8 Å². The third kappa shape index (κ3) is 2.25. The van der Waals surface area contributed by atoms with E-state index in [-0.39, 0.29) is 11.8 Å². The molecule has 1 aromatic rings. The van der Waals surface area contributed by atoms with Gasteiger partial charge in [-0.25, -0.2) is 0 Å². The molecule has 1 aromatic carbocycles. The number of ether oxygens (including phenoxy) is 1. The minimum atomic E-state index is -0.779. The van der Waals surface area contributed by atoms with Gasteiger partial charge in [0.1, 0.15) is 5.75 Å². The van der Waals surface area contributed by atoms with Crippen LogP contribution < -0.4 is 4.74 Å². The number of benzene rings is 1. The Bertz CT molecular complexity index is 464. The molecule has 0 unspecified atom stereocenters. The van der Waals surface area contributed by atoms with Crippen molar-refractivity contribution in [1.29, 1.82) is 0 Å². The lowest BCUT2D eigenvalue weighted by Gasteiger charge is -2.17. The van der Waals surface area contributed by atoms with Gasteiger partial charge in [0.15, 0.2) is 0 Å². The Morgan fingerprint density at radius 2 is 2.18 bits per heavy atom. The molecular formula is C13H15ClO3. The van der Waals surface area contributed by atoms with E-state index in [1.807, 2.05) is 19.1 Å². The van der Waals surface area contributed by atoms with E-state index >= 15 is 0 Å². The van der Waals surface area contributed by atoms with Crippen molar-refractivity contribution in [3.8, 4) is 5.75 Å². The van der Waals surface area contributed by atoms with Crippen LogP contribution in [0, 0.1) is 6.92 Å². The minimum Gasteiger partial charge on any atom is -0.495 e. The molecule has 0 saturated heterocycles. The molecule has 0 amide bonds. The highest BCUT2D eigenvalue weighted by Crippen LogP contribution is 2.54. The van der Waals surface area contributed by atoms with E-state index in [1.54, 1.807) is 7.11 Å². The van der Waals surface area contributed by atoms with Crippen LogP contribution in [0.3, 0.4) is 0 Å². The molecule has 4 heteroatoms. The van der Waals surface area contributed by atoms with Gasteiger partial charge in [0.05, 0.1) is 18.6 Å². The van der Waals surface area contributed by atoms with Crippen LogP contribution in [0.5, 0.6) is 5.75 Å². The fourth-order valence-corrected chi connectivity index (χ4v) is 2.64. The molecule has 1 aliphatic carbocycles. The number of aliphatic carboxylic acids is 1. The Morgan fingerprint density at radius 1 is 1.53 bits per heavy atom.